The number of rotatable bonds is 27. The van der Waals surface area contributed by atoms with Gasteiger partial charge in [0.2, 0.25) is 41.4 Å². The summed E-state index contributed by atoms with van der Waals surface area (Å²) in [5, 5.41) is 34.7. The van der Waals surface area contributed by atoms with Crippen LogP contribution in [0.1, 0.15) is 92.1 Å². The molecule has 19 nitrogen and oxygen atoms in total. The number of hydrogen-bond donors (Lipinski definition) is 9. The van der Waals surface area contributed by atoms with Gasteiger partial charge in [-0.05, 0) is 73.9 Å². The Bertz CT molecular complexity index is 1730. The summed E-state index contributed by atoms with van der Waals surface area (Å²) in [7, 11) is 0. The van der Waals surface area contributed by atoms with Crippen molar-refractivity contribution in [2.75, 3.05) is 25.1 Å². The summed E-state index contributed by atoms with van der Waals surface area (Å²) in [5.41, 5.74) is 6.90. The molecule has 20 heteroatoms. The molecule has 352 valence electrons. The van der Waals surface area contributed by atoms with Crippen molar-refractivity contribution in [1.82, 2.24) is 36.8 Å². The normalized spacial score (nSPS) is 17.0. The summed E-state index contributed by atoms with van der Waals surface area (Å²) >= 11 is 1.37. The zero-order valence-corrected chi connectivity index (χ0v) is 38.3. The number of aliphatic carboxylic acids is 2. The Labute approximate surface area is 373 Å². The third-order valence-corrected chi connectivity index (χ3v) is 11.3. The maximum Gasteiger partial charge on any atom is 0.326 e. The van der Waals surface area contributed by atoms with Gasteiger partial charge in [0, 0.05) is 6.54 Å². The number of nitrogens with one attached hydrogen (secondary N) is 6. The maximum atomic E-state index is 14.0. The lowest BCUT2D eigenvalue weighted by Gasteiger charge is -2.31. The second-order valence-corrected chi connectivity index (χ2v) is 17.8. The van der Waals surface area contributed by atoms with E-state index in [-0.39, 0.29) is 50.5 Å². The molecule has 7 amide bonds. The topological polar surface area (TPSA) is 296 Å². The molecule has 1 aromatic carbocycles. The van der Waals surface area contributed by atoms with E-state index in [4.69, 9.17) is 5.73 Å². The van der Waals surface area contributed by atoms with Crippen LogP contribution in [0.2, 0.25) is 0 Å². The van der Waals surface area contributed by atoms with Crippen molar-refractivity contribution in [2.45, 2.75) is 135 Å². The number of nitrogens with two attached hydrogens (primary N) is 1. The minimum absolute atomic E-state index is 0.0556. The van der Waals surface area contributed by atoms with Crippen LogP contribution >= 0.6 is 11.8 Å². The highest BCUT2D eigenvalue weighted by Gasteiger charge is 2.40. The molecule has 8 atom stereocenters. The van der Waals surface area contributed by atoms with Gasteiger partial charge in [-0.15, -0.1) is 0 Å². The SMILES string of the molecule is CC[C@H](C)[C@H](NC(=O)[C@H](CC(=O)O)NC(=O)[C@H](CCSC)NC(=O)[C@@H]1CCCN1C(=O)[C@H](CC(C)C)NC(=O)CNC(=O)[C@@H](N)Cc1ccccc1)C(=O)N[C@@H](CC(C)C)C(=O)O. The molecule has 0 spiro atoms. The van der Waals surface area contributed by atoms with E-state index in [1.165, 1.54) is 16.7 Å². The van der Waals surface area contributed by atoms with Gasteiger partial charge in [0.15, 0.2) is 0 Å². The number of carbonyl (C=O) groups excluding carboxylic acids is 7. The van der Waals surface area contributed by atoms with Crippen LogP contribution in [0.5, 0.6) is 0 Å². The molecule has 1 fully saturated rings. The van der Waals surface area contributed by atoms with Crippen molar-refractivity contribution in [3.63, 3.8) is 0 Å². The molecule has 0 saturated carbocycles. The molecular formula is C43H68N8O11S. The number of likely N-dealkylation sites (tertiary alicyclic amines) is 1. The highest BCUT2D eigenvalue weighted by atomic mass is 32.2. The van der Waals surface area contributed by atoms with Crippen LogP contribution in [0, 0.1) is 17.8 Å². The average molecular weight is 905 g/mol. The quantitative estimate of drug-likeness (QED) is 0.0584. The number of carboxylic acid groups (broad SMARTS) is 2. The summed E-state index contributed by atoms with van der Waals surface area (Å²) in [6, 6.07) is 0.703. The molecule has 0 unspecified atom stereocenters. The predicted molar refractivity (Wildman–Crippen MR) is 237 cm³/mol. The highest BCUT2D eigenvalue weighted by molar-refractivity contribution is 7.98. The summed E-state index contributed by atoms with van der Waals surface area (Å²) in [6.07, 6.45) is 2.64. The van der Waals surface area contributed by atoms with E-state index in [0.717, 1.165) is 5.56 Å². The molecule has 1 aliphatic rings. The smallest absolute Gasteiger partial charge is 0.326 e. The zero-order chi connectivity index (χ0) is 47.4. The molecule has 0 radical (unpaired) electrons. The Balaban J connectivity index is 2.21. The first-order valence-corrected chi connectivity index (χ1v) is 22.9. The Morgan fingerprint density at radius 1 is 0.778 bits per heavy atom. The van der Waals surface area contributed by atoms with Crippen LogP contribution in [0.4, 0.5) is 0 Å². The summed E-state index contributed by atoms with van der Waals surface area (Å²) in [4.78, 5) is 120. The summed E-state index contributed by atoms with van der Waals surface area (Å²) in [5.74, 6) is -8.01. The van der Waals surface area contributed by atoms with E-state index in [1.54, 1.807) is 34.0 Å². The molecule has 1 heterocycles. The van der Waals surface area contributed by atoms with Crippen molar-refractivity contribution in [3.8, 4) is 0 Å². The monoisotopic (exact) mass is 904 g/mol. The van der Waals surface area contributed by atoms with Crippen molar-refractivity contribution in [3.05, 3.63) is 35.9 Å². The minimum Gasteiger partial charge on any atom is -0.481 e. The van der Waals surface area contributed by atoms with Gasteiger partial charge in [0.05, 0.1) is 19.0 Å². The summed E-state index contributed by atoms with van der Waals surface area (Å²) in [6.45, 7) is 10.5. The summed E-state index contributed by atoms with van der Waals surface area (Å²) < 4.78 is 0. The van der Waals surface area contributed by atoms with Crippen LogP contribution in [0.3, 0.4) is 0 Å². The van der Waals surface area contributed by atoms with Crippen LogP contribution in [-0.2, 0) is 49.6 Å². The number of nitrogens with zero attached hydrogens (tertiary/aromatic N) is 1. The van der Waals surface area contributed by atoms with Crippen LogP contribution in [0.25, 0.3) is 0 Å². The van der Waals surface area contributed by atoms with Crippen LogP contribution in [0.15, 0.2) is 30.3 Å². The third-order valence-electron chi connectivity index (χ3n) is 10.6. The lowest BCUT2D eigenvalue weighted by molar-refractivity contribution is -0.144. The van der Waals surface area contributed by atoms with Crippen LogP contribution in [-0.4, -0.2) is 136 Å². The highest BCUT2D eigenvalue weighted by Crippen LogP contribution is 2.21. The first kappa shape index (κ1) is 53.9. The first-order valence-electron chi connectivity index (χ1n) is 21.5. The van der Waals surface area contributed by atoms with E-state index in [2.05, 4.69) is 31.9 Å². The fourth-order valence-corrected chi connectivity index (χ4v) is 7.51. The molecule has 0 bridgehead atoms. The van der Waals surface area contributed by atoms with Gasteiger partial charge in [0.1, 0.15) is 36.3 Å². The number of benzene rings is 1. The Morgan fingerprint density at radius 2 is 1.38 bits per heavy atom. The molecule has 0 aromatic heterocycles. The lowest BCUT2D eigenvalue weighted by atomic mass is 9.96. The number of carboxylic acids is 2. The van der Waals surface area contributed by atoms with E-state index >= 15 is 0 Å². The molecule has 2 rings (SSSR count). The number of carbonyl (C=O) groups is 9. The van der Waals surface area contributed by atoms with E-state index < -0.39 is 114 Å². The fourth-order valence-electron chi connectivity index (χ4n) is 7.04. The number of thioether (sulfide) groups is 1. The zero-order valence-electron chi connectivity index (χ0n) is 37.4. The van der Waals surface area contributed by atoms with Crippen molar-refractivity contribution < 1.29 is 53.4 Å². The van der Waals surface area contributed by atoms with E-state index in [9.17, 15) is 53.4 Å². The van der Waals surface area contributed by atoms with Crippen molar-refractivity contribution in [2.24, 2.45) is 23.5 Å². The average Bonchev–Trinajstić information content (AvgIpc) is 3.72. The fraction of sp³-hybridized carbons (Fsp3) is 0.651. The molecule has 0 aliphatic carbocycles. The first-order chi connectivity index (χ1) is 29.7. The third kappa shape index (κ3) is 18.6. The minimum atomic E-state index is -1.69. The van der Waals surface area contributed by atoms with Gasteiger partial charge in [0.25, 0.3) is 0 Å². The number of amides is 7. The van der Waals surface area contributed by atoms with Crippen LogP contribution < -0.4 is 37.6 Å². The standard InChI is InChI=1S/C43H68N8O11S/c1-8-26(6)36(41(59)49-32(43(61)62)20-25(4)5)50-39(57)30(22-35(53)54)48-38(56)29(16-18-63-7)47-40(58)33-15-12-17-51(33)42(60)31(19-24(2)3)46-34(52)23-45-37(55)28(44)21-27-13-10-9-11-14-27/h9-11,13-14,24-26,28-33,36H,8,12,15-23,44H2,1-7H3,(H,45,55)(H,46,52)(H,47,58)(H,48,56)(H,49,59)(H,50,57)(H,53,54)(H,61,62)/t26-,28-,29-,30-,31-,32-,33-,36-/m0/s1. The number of hydrogen-bond acceptors (Lipinski definition) is 11. The molecule has 1 aliphatic heterocycles. The second kappa shape index (κ2) is 27.1. The molecule has 1 aromatic rings. The Kier molecular flexibility index (Phi) is 23.1. The van der Waals surface area contributed by atoms with Crippen molar-refractivity contribution in [1.29, 1.82) is 0 Å². The van der Waals surface area contributed by atoms with Gasteiger partial charge in [-0.1, -0.05) is 78.3 Å². The van der Waals surface area contributed by atoms with Crippen molar-refractivity contribution >= 4 is 65.1 Å². The van der Waals surface area contributed by atoms with Gasteiger partial charge in [-0.2, -0.15) is 11.8 Å². The Morgan fingerprint density at radius 3 is 1.95 bits per heavy atom. The molecule has 1 saturated heterocycles. The lowest BCUT2D eigenvalue weighted by Crippen LogP contribution is -2.60. The van der Waals surface area contributed by atoms with Gasteiger partial charge >= 0.3 is 11.9 Å². The predicted octanol–water partition coefficient (Wildman–Crippen LogP) is 0.538. The Hall–Kier alpha value is -5.24. The maximum absolute atomic E-state index is 14.0. The van der Waals surface area contributed by atoms with Gasteiger partial charge in [-0.25, -0.2) is 4.79 Å². The molecule has 63 heavy (non-hydrogen) atoms. The second-order valence-electron chi connectivity index (χ2n) is 16.9. The van der Waals surface area contributed by atoms with Gasteiger partial charge in [-0.3, -0.25) is 38.4 Å². The molecule has 10 N–H and O–H groups in total. The van der Waals surface area contributed by atoms with E-state index in [1.807, 2.05) is 44.2 Å². The van der Waals surface area contributed by atoms with E-state index in [0.29, 0.717) is 18.6 Å². The largest absolute Gasteiger partial charge is 0.481 e. The molecular weight excluding hydrogens is 837 g/mol. The van der Waals surface area contributed by atoms with Gasteiger partial charge < -0.3 is 52.7 Å².